The minimum absolute atomic E-state index is 0.285. The van der Waals surface area contributed by atoms with Gasteiger partial charge in [0.25, 0.3) is 0 Å². The average Bonchev–Trinajstić information content (AvgIpc) is 2.41. The fourth-order valence-corrected chi connectivity index (χ4v) is 2.72. The molecule has 3 heterocycles. The Labute approximate surface area is 108 Å². The van der Waals surface area contributed by atoms with Crippen molar-refractivity contribution in [2.24, 2.45) is 5.92 Å². The first-order valence-corrected chi connectivity index (χ1v) is 6.60. The first kappa shape index (κ1) is 13.1. The highest BCUT2D eigenvalue weighted by atomic mass is 16.5. The third kappa shape index (κ3) is 2.90. The number of hydrogen-bond donors (Lipinski definition) is 2. The fourth-order valence-electron chi connectivity index (χ4n) is 2.72. The van der Waals surface area contributed by atoms with Gasteiger partial charge in [-0.2, -0.15) is 0 Å². The quantitative estimate of drug-likeness (QED) is 0.430. The molecule has 3 rings (SSSR count). The standard InChI is InChI=1S/C13H21N3O2/c1-2-18-13(17)11(7-14)8-15-12-9-16-5-3-10(12)4-6-16/h7-8,10,12,14-15H,2-6,9H2,1H3/b11-8+,14-7?. The van der Waals surface area contributed by atoms with Gasteiger partial charge < -0.3 is 20.4 Å². The van der Waals surface area contributed by atoms with Gasteiger partial charge in [-0.25, -0.2) is 4.79 Å². The van der Waals surface area contributed by atoms with E-state index in [9.17, 15) is 4.79 Å². The summed E-state index contributed by atoms with van der Waals surface area (Å²) in [5.74, 6) is 0.265. The van der Waals surface area contributed by atoms with Gasteiger partial charge >= 0.3 is 5.97 Å². The largest absolute Gasteiger partial charge is 0.462 e. The molecule has 2 N–H and O–H groups in total. The molecule has 0 aliphatic carbocycles. The van der Waals surface area contributed by atoms with Crippen molar-refractivity contribution in [3.05, 3.63) is 11.8 Å². The summed E-state index contributed by atoms with van der Waals surface area (Å²) >= 11 is 0. The molecule has 0 aromatic rings. The Bertz CT molecular complexity index is 346. The van der Waals surface area contributed by atoms with Gasteiger partial charge in [0, 0.05) is 25.0 Å². The Kier molecular flexibility index (Phi) is 4.36. The lowest BCUT2D eigenvalue weighted by Crippen LogP contribution is -2.55. The van der Waals surface area contributed by atoms with E-state index in [0.29, 0.717) is 18.6 Å². The number of ether oxygens (including phenoxy) is 1. The lowest BCUT2D eigenvalue weighted by molar-refractivity contribution is -0.137. The van der Waals surface area contributed by atoms with Gasteiger partial charge in [-0.15, -0.1) is 0 Å². The molecule has 3 aliphatic rings. The predicted molar refractivity (Wildman–Crippen MR) is 69.6 cm³/mol. The highest BCUT2D eigenvalue weighted by Crippen LogP contribution is 2.27. The van der Waals surface area contributed by atoms with Crippen molar-refractivity contribution in [2.75, 3.05) is 26.2 Å². The van der Waals surface area contributed by atoms with Crippen LogP contribution in [-0.2, 0) is 9.53 Å². The number of carbonyl (C=O) groups excluding carboxylic acids is 1. The van der Waals surface area contributed by atoms with E-state index in [4.69, 9.17) is 10.1 Å². The minimum atomic E-state index is -0.429. The molecule has 3 aliphatic heterocycles. The molecule has 2 bridgehead atoms. The molecule has 5 heteroatoms. The van der Waals surface area contributed by atoms with E-state index >= 15 is 0 Å². The smallest absolute Gasteiger partial charge is 0.341 e. The van der Waals surface area contributed by atoms with Gasteiger partial charge in [0.15, 0.2) is 0 Å². The zero-order valence-corrected chi connectivity index (χ0v) is 10.8. The summed E-state index contributed by atoms with van der Waals surface area (Å²) in [6, 6.07) is 0.400. The van der Waals surface area contributed by atoms with Crippen LogP contribution < -0.4 is 5.32 Å². The van der Waals surface area contributed by atoms with Gasteiger partial charge in [0.1, 0.15) is 0 Å². The summed E-state index contributed by atoms with van der Waals surface area (Å²) in [6.07, 6.45) is 5.14. The van der Waals surface area contributed by atoms with Crippen LogP contribution in [0.15, 0.2) is 11.8 Å². The number of esters is 1. The number of nitrogens with zero attached hydrogens (tertiary/aromatic N) is 1. The maximum atomic E-state index is 11.5. The average molecular weight is 251 g/mol. The second kappa shape index (κ2) is 6.00. The minimum Gasteiger partial charge on any atom is -0.462 e. The van der Waals surface area contributed by atoms with E-state index in [1.54, 1.807) is 13.1 Å². The molecule has 18 heavy (non-hydrogen) atoms. The number of hydrogen-bond acceptors (Lipinski definition) is 5. The molecule has 3 fully saturated rings. The van der Waals surface area contributed by atoms with Crippen molar-refractivity contribution in [1.82, 2.24) is 10.2 Å². The molecule has 0 aromatic carbocycles. The van der Waals surface area contributed by atoms with Crippen LogP contribution in [0.3, 0.4) is 0 Å². The van der Waals surface area contributed by atoms with E-state index in [-0.39, 0.29) is 5.57 Å². The van der Waals surface area contributed by atoms with Crippen LogP contribution in [0.4, 0.5) is 0 Å². The van der Waals surface area contributed by atoms with Crippen molar-refractivity contribution >= 4 is 12.2 Å². The first-order chi connectivity index (χ1) is 8.74. The van der Waals surface area contributed by atoms with Crippen LogP contribution >= 0.6 is 0 Å². The van der Waals surface area contributed by atoms with Crippen LogP contribution in [0.1, 0.15) is 19.8 Å². The van der Waals surface area contributed by atoms with Gasteiger partial charge in [0.05, 0.1) is 12.2 Å². The van der Waals surface area contributed by atoms with Crippen molar-refractivity contribution in [3.63, 3.8) is 0 Å². The second-order valence-corrected chi connectivity index (χ2v) is 4.88. The third-order valence-corrected chi connectivity index (χ3v) is 3.78. The number of piperidine rings is 3. The molecular weight excluding hydrogens is 230 g/mol. The number of nitrogens with one attached hydrogen (secondary N) is 2. The Balaban J connectivity index is 1.92. The van der Waals surface area contributed by atoms with Crippen molar-refractivity contribution < 1.29 is 9.53 Å². The van der Waals surface area contributed by atoms with Crippen LogP contribution in [-0.4, -0.2) is 49.4 Å². The van der Waals surface area contributed by atoms with Crippen LogP contribution in [0.25, 0.3) is 0 Å². The van der Waals surface area contributed by atoms with E-state index in [2.05, 4.69) is 10.2 Å². The van der Waals surface area contributed by atoms with Gasteiger partial charge in [0.2, 0.25) is 0 Å². The van der Waals surface area contributed by atoms with Gasteiger partial charge in [-0.05, 0) is 38.8 Å². The van der Waals surface area contributed by atoms with Crippen molar-refractivity contribution in [1.29, 1.82) is 5.41 Å². The molecule has 3 saturated heterocycles. The summed E-state index contributed by atoms with van der Waals surface area (Å²) in [7, 11) is 0. The highest BCUT2D eigenvalue weighted by molar-refractivity contribution is 6.08. The molecule has 100 valence electrons. The number of carbonyl (C=O) groups is 1. The molecule has 0 aromatic heterocycles. The molecule has 0 spiro atoms. The molecule has 1 unspecified atom stereocenters. The molecule has 0 saturated carbocycles. The summed E-state index contributed by atoms with van der Waals surface area (Å²) < 4.78 is 4.89. The Morgan fingerprint density at radius 1 is 1.50 bits per heavy atom. The van der Waals surface area contributed by atoms with Crippen molar-refractivity contribution in [2.45, 2.75) is 25.8 Å². The molecule has 5 nitrogen and oxygen atoms in total. The van der Waals surface area contributed by atoms with Crippen LogP contribution in [0, 0.1) is 11.3 Å². The number of rotatable bonds is 5. The summed E-state index contributed by atoms with van der Waals surface area (Å²) in [4.78, 5) is 14.0. The number of fused-ring (bicyclic) bond motifs is 3. The van der Waals surface area contributed by atoms with Gasteiger partial charge in [-0.3, -0.25) is 0 Å². The van der Waals surface area contributed by atoms with Crippen LogP contribution in [0.5, 0.6) is 0 Å². The normalized spacial score (nSPS) is 30.9. The van der Waals surface area contributed by atoms with E-state index in [1.807, 2.05) is 0 Å². The zero-order valence-electron chi connectivity index (χ0n) is 10.8. The molecule has 0 amide bonds. The van der Waals surface area contributed by atoms with E-state index in [1.165, 1.54) is 25.9 Å². The third-order valence-electron chi connectivity index (χ3n) is 3.78. The Morgan fingerprint density at radius 3 is 2.72 bits per heavy atom. The molecule has 1 atom stereocenters. The van der Waals surface area contributed by atoms with Gasteiger partial charge in [-0.1, -0.05) is 0 Å². The lowest BCUT2D eigenvalue weighted by atomic mass is 9.84. The van der Waals surface area contributed by atoms with Crippen molar-refractivity contribution in [3.8, 4) is 0 Å². The summed E-state index contributed by atoms with van der Waals surface area (Å²) in [5, 5.41) is 10.5. The first-order valence-electron chi connectivity index (χ1n) is 6.60. The second-order valence-electron chi connectivity index (χ2n) is 4.88. The Morgan fingerprint density at radius 2 is 2.22 bits per heavy atom. The maximum Gasteiger partial charge on any atom is 0.341 e. The Hall–Kier alpha value is -1.36. The maximum absolute atomic E-state index is 11.5. The van der Waals surface area contributed by atoms with E-state index in [0.717, 1.165) is 12.8 Å². The SMILES string of the molecule is CCOC(=O)/C(C=N)=C/NC1CN2CCC1CC2. The van der Waals surface area contributed by atoms with Crippen LogP contribution in [0.2, 0.25) is 0 Å². The summed E-state index contributed by atoms with van der Waals surface area (Å²) in [5.41, 5.74) is 0.285. The lowest BCUT2D eigenvalue weighted by Gasteiger charge is -2.44. The fraction of sp³-hybridized carbons (Fsp3) is 0.692. The highest BCUT2D eigenvalue weighted by Gasteiger charge is 2.33. The zero-order chi connectivity index (χ0) is 13.0. The monoisotopic (exact) mass is 251 g/mol. The predicted octanol–water partition coefficient (Wildman–Crippen LogP) is 0.767. The van der Waals surface area contributed by atoms with E-state index < -0.39 is 5.97 Å². The topological polar surface area (TPSA) is 65.4 Å². The molecule has 0 radical (unpaired) electrons. The molecular formula is C13H21N3O2. The summed E-state index contributed by atoms with van der Waals surface area (Å²) in [6.45, 7) is 5.53.